The van der Waals surface area contributed by atoms with Crippen LogP contribution in [0, 0.1) is 20.8 Å². The minimum Gasteiger partial charge on any atom is -0.375 e. The molecule has 0 amide bonds. The number of halogens is 1. The van der Waals surface area contributed by atoms with Gasteiger partial charge < -0.3 is 11.1 Å². The lowest BCUT2D eigenvalue weighted by molar-refractivity contribution is 1.19. The fourth-order valence-corrected chi connectivity index (χ4v) is 5.12. The molecule has 0 aliphatic rings. The largest absolute Gasteiger partial charge is 0.375 e. The van der Waals surface area contributed by atoms with E-state index in [1.165, 1.54) is 16.9 Å². The van der Waals surface area contributed by atoms with Crippen molar-refractivity contribution < 1.29 is 0 Å². The Morgan fingerprint density at radius 3 is 1.63 bits per heavy atom. The molecule has 0 aliphatic carbocycles. The van der Waals surface area contributed by atoms with Crippen LogP contribution in [0.3, 0.4) is 0 Å². The number of nitrogens with one attached hydrogen (secondary N) is 1. The molecule has 7 rings (SSSR count). The van der Waals surface area contributed by atoms with Gasteiger partial charge in [0.1, 0.15) is 22.4 Å². The fraction of sp³-hybridized carbons (Fsp3) is 0.0857. The third-order valence-corrected chi connectivity index (χ3v) is 7.44. The van der Waals surface area contributed by atoms with Gasteiger partial charge in [-0.2, -0.15) is 0 Å². The summed E-state index contributed by atoms with van der Waals surface area (Å²) in [5, 5.41) is 9.05. The van der Waals surface area contributed by atoms with Crippen molar-refractivity contribution >= 4 is 50.4 Å². The minimum absolute atomic E-state index is 0.560. The van der Waals surface area contributed by atoms with Gasteiger partial charge in [-0.05, 0) is 69.3 Å². The van der Waals surface area contributed by atoms with Gasteiger partial charge in [0.15, 0.2) is 10.3 Å². The van der Waals surface area contributed by atoms with Gasteiger partial charge in [0.25, 0.3) is 0 Å². The summed E-state index contributed by atoms with van der Waals surface area (Å²) in [7, 11) is 0. The van der Waals surface area contributed by atoms with Crippen molar-refractivity contribution in [1.29, 1.82) is 0 Å². The Balaban J connectivity index is 0.000000152. The maximum atomic E-state index is 5.53. The summed E-state index contributed by atoms with van der Waals surface area (Å²) in [6.45, 7) is 5.96. The van der Waals surface area contributed by atoms with E-state index in [1.807, 2.05) is 110 Å². The van der Waals surface area contributed by atoms with Crippen molar-refractivity contribution in [3.63, 3.8) is 0 Å². The van der Waals surface area contributed by atoms with Crippen LogP contribution in [-0.2, 0) is 0 Å². The fourth-order valence-electron chi connectivity index (χ4n) is 3.65. The summed E-state index contributed by atoms with van der Waals surface area (Å²) >= 11 is 8.50. The van der Waals surface area contributed by atoms with Crippen molar-refractivity contribution in [1.82, 2.24) is 29.9 Å². The van der Waals surface area contributed by atoms with E-state index in [2.05, 4.69) is 54.3 Å². The number of anilines is 3. The summed E-state index contributed by atoms with van der Waals surface area (Å²) in [5.41, 5.74) is 12.2. The molecule has 6 aromatic heterocycles. The van der Waals surface area contributed by atoms with Crippen LogP contribution >= 0.6 is 34.3 Å². The molecule has 3 N–H and O–H groups in total. The van der Waals surface area contributed by atoms with Gasteiger partial charge in [-0.3, -0.25) is 9.97 Å². The smallest absolute Gasteiger partial charge is 0.188 e. The predicted molar refractivity (Wildman–Crippen MR) is 193 cm³/mol. The van der Waals surface area contributed by atoms with Crippen LogP contribution in [0.4, 0.5) is 16.1 Å². The van der Waals surface area contributed by atoms with E-state index in [4.69, 9.17) is 17.3 Å². The third-order valence-electron chi connectivity index (χ3n) is 5.80. The predicted octanol–water partition coefficient (Wildman–Crippen LogP) is 9.48. The van der Waals surface area contributed by atoms with Gasteiger partial charge in [-0.25, -0.2) is 19.9 Å². The van der Waals surface area contributed by atoms with E-state index in [0.717, 1.165) is 45.1 Å². The van der Waals surface area contributed by atoms with Gasteiger partial charge in [-0.15, -0.1) is 22.7 Å². The number of nitrogens with two attached hydrogens (primary N) is 1. The second-order valence-corrected chi connectivity index (χ2v) is 11.7. The second-order valence-electron chi connectivity index (χ2n) is 9.58. The maximum Gasteiger partial charge on any atom is 0.188 e. The Morgan fingerprint density at radius 1 is 0.565 bits per heavy atom. The number of nitrogens with zero attached hydrogens (tertiary/aromatic N) is 6. The standard InChI is InChI=1S/C14H12N4S.C8H7N3S.C7H8.C6H6ClN/c1-10-5-4-7-13(16-10)18-14-17-12(9-19-14)11-6-2-3-8-15-11;9-8-11-7(5-12-8)6-3-1-2-4-10-6;1-7-5-3-2-4-6-7;1-5-3-2-4-6(7)8-5/h2-9H,1H3,(H,16,17,18);1-5H,(H2,9,11);2-6H,1H3;2-4H,1H3. The zero-order valence-corrected chi connectivity index (χ0v) is 28.0. The Labute approximate surface area is 282 Å². The monoisotopic (exact) mass is 664 g/mol. The van der Waals surface area contributed by atoms with Crippen molar-refractivity contribution in [2.45, 2.75) is 20.8 Å². The number of aromatic nitrogens is 6. The number of rotatable bonds is 4. The van der Waals surface area contributed by atoms with Gasteiger partial charge in [0.05, 0.1) is 11.4 Å². The lowest BCUT2D eigenvalue weighted by atomic mass is 10.2. The van der Waals surface area contributed by atoms with Crippen LogP contribution < -0.4 is 11.1 Å². The molecule has 7 aromatic rings. The number of aryl methyl sites for hydroxylation is 3. The molecule has 232 valence electrons. The SMILES string of the molecule is Cc1cccc(Cl)n1.Cc1cccc(Nc2nc(-c3ccccn3)cs2)n1.Cc1ccccc1.Nc1nc(-c2ccccn2)cs1. The molecule has 0 aliphatic heterocycles. The average Bonchev–Trinajstić information content (AvgIpc) is 3.72. The highest BCUT2D eigenvalue weighted by Crippen LogP contribution is 2.25. The molecule has 46 heavy (non-hydrogen) atoms. The molecule has 0 unspecified atom stereocenters. The van der Waals surface area contributed by atoms with Crippen molar-refractivity contribution in [3.8, 4) is 22.8 Å². The topological polar surface area (TPSA) is 115 Å². The molecule has 0 saturated heterocycles. The first-order valence-corrected chi connectivity index (χ1v) is 16.3. The molecular formula is C35H33ClN8S2. The summed E-state index contributed by atoms with van der Waals surface area (Å²) in [4.78, 5) is 25.4. The molecule has 0 bridgehead atoms. The van der Waals surface area contributed by atoms with Crippen molar-refractivity contribution in [2.24, 2.45) is 0 Å². The Kier molecular flexibility index (Phi) is 13.3. The second kappa shape index (κ2) is 18.1. The van der Waals surface area contributed by atoms with Gasteiger partial charge in [-0.1, -0.05) is 71.8 Å². The Morgan fingerprint density at radius 2 is 1.15 bits per heavy atom. The van der Waals surface area contributed by atoms with E-state index in [9.17, 15) is 0 Å². The lowest BCUT2D eigenvalue weighted by Crippen LogP contribution is -1.94. The molecule has 11 heteroatoms. The number of pyridine rings is 4. The van der Waals surface area contributed by atoms with Crippen LogP contribution in [0.25, 0.3) is 22.8 Å². The number of thiazole rings is 2. The summed E-state index contributed by atoms with van der Waals surface area (Å²) in [5.74, 6) is 0.807. The quantitative estimate of drug-likeness (QED) is 0.179. The lowest BCUT2D eigenvalue weighted by Gasteiger charge is -2.01. The van der Waals surface area contributed by atoms with Crippen LogP contribution in [0.15, 0.2) is 126 Å². The number of hydrogen-bond donors (Lipinski definition) is 2. The normalized spacial score (nSPS) is 9.83. The van der Waals surface area contributed by atoms with E-state index >= 15 is 0 Å². The van der Waals surface area contributed by atoms with E-state index in [1.54, 1.807) is 29.8 Å². The molecule has 8 nitrogen and oxygen atoms in total. The van der Waals surface area contributed by atoms with Crippen molar-refractivity contribution in [3.05, 3.63) is 148 Å². The zero-order valence-electron chi connectivity index (χ0n) is 25.6. The van der Waals surface area contributed by atoms with Crippen LogP contribution in [0.1, 0.15) is 17.0 Å². The third kappa shape index (κ3) is 11.8. The highest BCUT2D eigenvalue weighted by Gasteiger charge is 2.06. The van der Waals surface area contributed by atoms with Crippen LogP contribution in [-0.4, -0.2) is 29.9 Å². The molecule has 0 radical (unpaired) electrons. The Bertz CT molecular complexity index is 1860. The molecule has 1 aromatic carbocycles. The molecule has 0 spiro atoms. The molecule has 0 atom stereocenters. The Hall–Kier alpha value is -5.03. The maximum absolute atomic E-state index is 5.53. The van der Waals surface area contributed by atoms with E-state index in [-0.39, 0.29) is 0 Å². The van der Waals surface area contributed by atoms with Crippen LogP contribution in [0.5, 0.6) is 0 Å². The summed E-state index contributed by atoms with van der Waals surface area (Å²) < 4.78 is 0. The highest BCUT2D eigenvalue weighted by atomic mass is 35.5. The first-order valence-electron chi connectivity index (χ1n) is 14.2. The molecule has 6 heterocycles. The summed E-state index contributed by atoms with van der Waals surface area (Å²) in [6.07, 6.45) is 3.51. The minimum atomic E-state index is 0.560. The first kappa shape index (κ1) is 33.9. The van der Waals surface area contributed by atoms with E-state index in [0.29, 0.717) is 10.3 Å². The molecule has 0 saturated carbocycles. The molecular weight excluding hydrogens is 632 g/mol. The van der Waals surface area contributed by atoms with Crippen molar-refractivity contribution in [2.75, 3.05) is 11.1 Å². The number of nitrogen functional groups attached to an aromatic ring is 1. The summed E-state index contributed by atoms with van der Waals surface area (Å²) in [6, 6.07) is 33.2. The average molecular weight is 665 g/mol. The number of hydrogen-bond acceptors (Lipinski definition) is 10. The van der Waals surface area contributed by atoms with Gasteiger partial charge in [0.2, 0.25) is 0 Å². The van der Waals surface area contributed by atoms with Gasteiger partial charge in [0, 0.05) is 34.5 Å². The molecule has 0 fully saturated rings. The number of benzene rings is 1. The highest BCUT2D eigenvalue weighted by molar-refractivity contribution is 7.14. The zero-order chi connectivity index (χ0) is 32.6. The van der Waals surface area contributed by atoms with Gasteiger partial charge >= 0.3 is 0 Å². The van der Waals surface area contributed by atoms with Crippen LogP contribution in [0.2, 0.25) is 5.15 Å². The van der Waals surface area contributed by atoms with E-state index < -0.39 is 0 Å². The first-order chi connectivity index (χ1) is 22.4.